The standard InChI is InChI=1S/C14H12N4O2/c1-9-2-3-10(6-16-9)20-8-13-17-12-7-15-5-4-11(12)14(19)18-13/h2-7H,8H2,1H3,(H,17,18,19). The van der Waals surface area contributed by atoms with Crippen LogP contribution in [0.3, 0.4) is 0 Å². The Morgan fingerprint density at radius 3 is 2.95 bits per heavy atom. The average molecular weight is 268 g/mol. The maximum Gasteiger partial charge on any atom is 0.258 e. The zero-order chi connectivity index (χ0) is 13.9. The molecule has 6 nitrogen and oxygen atoms in total. The van der Waals surface area contributed by atoms with E-state index in [9.17, 15) is 4.79 Å². The largest absolute Gasteiger partial charge is 0.484 e. The molecule has 0 unspecified atom stereocenters. The molecule has 0 amide bonds. The van der Waals surface area contributed by atoms with Gasteiger partial charge < -0.3 is 9.72 Å². The minimum atomic E-state index is -0.196. The molecule has 3 heterocycles. The Hall–Kier alpha value is -2.76. The second kappa shape index (κ2) is 5.08. The highest BCUT2D eigenvalue weighted by Crippen LogP contribution is 2.10. The van der Waals surface area contributed by atoms with E-state index in [1.54, 1.807) is 24.7 Å². The van der Waals surface area contributed by atoms with Gasteiger partial charge in [-0.05, 0) is 25.1 Å². The highest BCUT2D eigenvalue weighted by molar-refractivity contribution is 5.75. The Labute approximate surface area is 114 Å². The molecule has 0 radical (unpaired) electrons. The van der Waals surface area contributed by atoms with Gasteiger partial charge >= 0.3 is 0 Å². The first-order valence-corrected chi connectivity index (χ1v) is 6.11. The van der Waals surface area contributed by atoms with Gasteiger partial charge in [0, 0.05) is 11.9 Å². The van der Waals surface area contributed by atoms with Crippen LogP contribution in [0.1, 0.15) is 11.5 Å². The molecule has 0 bridgehead atoms. The lowest BCUT2D eigenvalue weighted by Crippen LogP contribution is -2.13. The number of hydrogen-bond acceptors (Lipinski definition) is 5. The van der Waals surface area contributed by atoms with E-state index in [0.29, 0.717) is 22.5 Å². The molecule has 100 valence electrons. The Balaban J connectivity index is 1.84. The summed E-state index contributed by atoms with van der Waals surface area (Å²) in [5.74, 6) is 1.08. The van der Waals surface area contributed by atoms with E-state index in [-0.39, 0.29) is 12.2 Å². The number of rotatable bonds is 3. The summed E-state index contributed by atoms with van der Waals surface area (Å²) in [5.41, 5.74) is 1.27. The molecule has 0 saturated heterocycles. The van der Waals surface area contributed by atoms with Crippen molar-refractivity contribution in [3.05, 3.63) is 58.7 Å². The molecule has 6 heteroatoms. The molecule has 0 fully saturated rings. The van der Waals surface area contributed by atoms with Crippen molar-refractivity contribution in [1.82, 2.24) is 19.9 Å². The van der Waals surface area contributed by atoms with Crippen molar-refractivity contribution in [3.8, 4) is 5.75 Å². The van der Waals surface area contributed by atoms with Crippen molar-refractivity contribution in [2.75, 3.05) is 0 Å². The zero-order valence-electron chi connectivity index (χ0n) is 10.8. The van der Waals surface area contributed by atoms with E-state index in [4.69, 9.17) is 4.74 Å². The van der Waals surface area contributed by atoms with Crippen molar-refractivity contribution in [2.45, 2.75) is 13.5 Å². The minimum absolute atomic E-state index is 0.171. The summed E-state index contributed by atoms with van der Waals surface area (Å²) >= 11 is 0. The number of nitrogens with zero attached hydrogens (tertiary/aromatic N) is 3. The lowest BCUT2D eigenvalue weighted by molar-refractivity contribution is 0.294. The van der Waals surface area contributed by atoms with Crippen molar-refractivity contribution in [2.24, 2.45) is 0 Å². The van der Waals surface area contributed by atoms with Gasteiger partial charge in [-0.2, -0.15) is 0 Å². The summed E-state index contributed by atoms with van der Waals surface area (Å²) < 4.78 is 5.54. The summed E-state index contributed by atoms with van der Waals surface area (Å²) in [6.07, 6.45) is 4.75. The molecule has 0 aliphatic rings. The number of H-pyrrole nitrogens is 1. The maximum absolute atomic E-state index is 11.9. The number of aromatic amines is 1. The smallest absolute Gasteiger partial charge is 0.258 e. The van der Waals surface area contributed by atoms with Crippen molar-refractivity contribution >= 4 is 10.9 Å². The van der Waals surface area contributed by atoms with Gasteiger partial charge in [-0.15, -0.1) is 0 Å². The summed E-state index contributed by atoms with van der Waals surface area (Å²) in [4.78, 5) is 27.0. The first-order chi connectivity index (χ1) is 9.72. The van der Waals surface area contributed by atoms with Crippen LogP contribution in [0, 0.1) is 6.92 Å². The van der Waals surface area contributed by atoms with Crippen LogP contribution in [0.2, 0.25) is 0 Å². The lowest BCUT2D eigenvalue weighted by atomic mass is 10.3. The number of aromatic nitrogens is 4. The van der Waals surface area contributed by atoms with Crippen molar-refractivity contribution in [3.63, 3.8) is 0 Å². The molecule has 1 N–H and O–H groups in total. The van der Waals surface area contributed by atoms with E-state index in [2.05, 4.69) is 19.9 Å². The Morgan fingerprint density at radius 1 is 1.25 bits per heavy atom. The minimum Gasteiger partial charge on any atom is -0.484 e. The Bertz CT molecular complexity index is 796. The summed E-state index contributed by atoms with van der Waals surface area (Å²) in [6, 6.07) is 5.31. The quantitative estimate of drug-likeness (QED) is 0.780. The third kappa shape index (κ3) is 2.49. The fourth-order valence-electron chi connectivity index (χ4n) is 1.80. The summed E-state index contributed by atoms with van der Waals surface area (Å²) in [6.45, 7) is 2.07. The van der Waals surface area contributed by atoms with Gasteiger partial charge in [0.2, 0.25) is 0 Å². The third-order valence-electron chi connectivity index (χ3n) is 2.82. The van der Waals surface area contributed by atoms with Gasteiger partial charge in [0.05, 0.1) is 23.3 Å². The number of ether oxygens (including phenoxy) is 1. The van der Waals surface area contributed by atoms with E-state index >= 15 is 0 Å². The van der Waals surface area contributed by atoms with E-state index in [1.165, 1.54) is 0 Å². The third-order valence-corrected chi connectivity index (χ3v) is 2.82. The maximum atomic E-state index is 11.9. The summed E-state index contributed by atoms with van der Waals surface area (Å²) in [5, 5.41) is 0.515. The predicted octanol–water partition coefficient (Wildman–Crippen LogP) is 1.60. The van der Waals surface area contributed by atoms with Crippen LogP contribution >= 0.6 is 0 Å². The van der Waals surface area contributed by atoms with Crippen LogP contribution < -0.4 is 10.3 Å². The number of nitrogens with one attached hydrogen (secondary N) is 1. The molecule has 0 aliphatic carbocycles. The second-order valence-corrected chi connectivity index (χ2v) is 4.33. The molecular weight excluding hydrogens is 256 g/mol. The molecule has 0 spiro atoms. The topological polar surface area (TPSA) is 80.8 Å². The number of aryl methyl sites for hydroxylation is 1. The average Bonchev–Trinajstić information content (AvgIpc) is 2.47. The number of fused-ring (bicyclic) bond motifs is 1. The first kappa shape index (κ1) is 12.3. The molecule has 0 aromatic carbocycles. The second-order valence-electron chi connectivity index (χ2n) is 4.33. The normalized spacial score (nSPS) is 10.7. The predicted molar refractivity (Wildman–Crippen MR) is 73.5 cm³/mol. The highest BCUT2D eigenvalue weighted by Gasteiger charge is 2.04. The fraction of sp³-hybridized carbons (Fsp3) is 0.143. The molecule has 3 aromatic rings. The molecule has 20 heavy (non-hydrogen) atoms. The molecule has 0 saturated carbocycles. The molecule has 3 aromatic heterocycles. The lowest BCUT2D eigenvalue weighted by Gasteiger charge is -2.06. The number of pyridine rings is 2. The van der Waals surface area contributed by atoms with Crippen LogP contribution in [0.25, 0.3) is 10.9 Å². The monoisotopic (exact) mass is 268 g/mol. The van der Waals surface area contributed by atoms with Crippen molar-refractivity contribution < 1.29 is 4.74 Å². The fourth-order valence-corrected chi connectivity index (χ4v) is 1.80. The summed E-state index contributed by atoms with van der Waals surface area (Å²) in [7, 11) is 0. The Morgan fingerprint density at radius 2 is 2.15 bits per heavy atom. The van der Waals surface area contributed by atoms with Crippen LogP contribution in [-0.4, -0.2) is 19.9 Å². The van der Waals surface area contributed by atoms with Crippen LogP contribution in [0.5, 0.6) is 5.75 Å². The van der Waals surface area contributed by atoms with Gasteiger partial charge in [0.15, 0.2) is 0 Å². The zero-order valence-corrected chi connectivity index (χ0v) is 10.8. The van der Waals surface area contributed by atoms with E-state index < -0.39 is 0 Å². The first-order valence-electron chi connectivity index (χ1n) is 6.11. The van der Waals surface area contributed by atoms with E-state index in [1.807, 2.05) is 19.1 Å². The molecule has 0 aliphatic heterocycles. The molecular formula is C14H12N4O2. The number of hydrogen-bond donors (Lipinski definition) is 1. The molecule has 3 rings (SSSR count). The van der Waals surface area contributed by atoms with Gasteiger partial charge in [-0.3, -0.25) is 14.8 Å². The molecule has 0 atom stereocenters. The Kier molecular flexibility index (Phi) is 3.12. The SMILES string of the molecule is Cc1ccc(OCc2nc3cnccc3c(=O)[nH]2)cn1. The van der Waals surface area contributed by atoms with E-state index in [0.717, 1.165) is 5.69 Å². The van der Waals surface area contributed by atoms with Gasteiger partial charge in [0.1, 0.15) is 18.2 Å². The van der Waals surface area contributed by atoms with Gasteiger partial charge in [-0.1, -0.05) is 0 Å². The van der Waals surface area contributed by atoms with Crippen molar-refractivity contribution in [1.29, 1.82) is 0 Å². The van der Waals surface area contributed by atoms with Crippen LogP contribution in [0.15, 0.2) is 41.6 Å². The van der Waals surface area contributed by atoms with Crippen LogP contribution in [-0.2, 0) is 6.61 Å². The van der Waals surface area contributed by atoms with Crippen LogP contribution in [0.4, 0.5) is 0 Å². The highest BCUT2D eigenvalue weighted by atomic mass is 16.5. The van der Waals surface area contributed by atoms with Gasteiger partial charge in [-0.25, -0.2) is 4.98 Å². The van der Waals surface area contributed by atoms with Gasteiger partial charge in [0.25, 0.3) is 5.56 Å².